The SMILES string of the molecule is CC(C)c1cccc(OCC(=O)NCCCN2CCN(C)CC2)c1. The Balaban J connectivity index is 1.59. The van der Waals surface area contributed by atoms with E-state index in [0.717, 1.165) is 44.9 Å². The minimum Gasteiger partial charge on any atom is -0.484 e. The Hall–Kier alpha value is -1.59. The largest absolute Gasteiger partial charge is 0.484 e. The number of likely N-dealkylation sites (N-methyl/N-ethyl adjacent to an activating group) is 1. The Kier molecular flexibility index (Phi) is 7.53. The summed E-state index contributed by atoms with van der Waals surface area (Å²) in [6.45, 7) is 10.6. The van der Waals surface area contributed by atoms with Crippen LogP contribution in [0, 0.1) is 0 Å². The second-order valence-corrected chi connectivity index (χ2v) is 6.86. The van der Waals surface area contributed by atoms with Crippen LogP contribution in [0.2, 0.25) is 0 Å². The summed E-state index contributed by atoms with van der Waals surface area (Å²) in [5.41, 5.74) is 1.22. The van der Waals surface area contributed by atoms with Gasteiger partial charge in [-0.2, -0.15) is 0 Å². The Labute approximate surface area is 146 Å². The molecule has 1 heterocycles. The molecule has 5 heteroatoms. The number of rotatable bonds is 8. The molecule has 0 aromatic heterocycles. The molecule has 1 aliphatic rings. The first-order chi connectivity index (χ1) is 11.5. The Bertz CT molecular complexity index is 511. The van der Waals surface area contributed by atoms with E-state index in [1.54, 1.807) is 0 Å². The van der Waals surface area contributed by atoms with Crippen molar-refractivity contribution in [2.75, 3.05) is 52.9 Å². The molecule has 1 amide bonds. The fourth-order valence-electron chi connectivity index (χ4n) is 2.77. The number of amides is 1. The van der Waals surface area contributed by atoms with E-state index in [0.29, 0.717) is 12.5 Å². The molecule has 1 aromatic rings. The monoisotopic (exact) mass is 333 g/mol. The van der Waals surface area contributed by atoms with Crippen LogP contribution in [0.5, 0.6) is 5.75 Å². The number of carbonyl (C=O) groups excluding carboxylic acids is 1. The molecule has 5 nitrogen and oxygen atoms in total. The van der Waals surface area contributed by atoms with Gasteiger partial charge < -0.3 is 19.9 Å². The van der Waals surface area contributed by atoms with Crippen LogP contribution >= 0.6 is 0 Å². The quantitative estimate of drug-likeness (QED) is 0.739. The zero-order chi connectivity index (χ0) is 17.4. The van der Waals surface area contributed by atoms with Gasteiger partial charge in [-0.3, -0.25) is 4.79 Å². The first kappa shape index (κ1) is 18.7. The Morgan fingerprint density at radius 3 is 2.71 bits per heavy atom. The fraction of sp³-hybridized carbons (Fsp3) is 0.632. The summed E-state index contributed by atoms with van der Waals surface area (Å²) in [6, 6.07) is 7.95. The van der Waals surface area contributed by atoms with Crippen LogP contribution in [0.1, 0.15) is 31.7 Å². The summed E-state index contributed by atoms with van der Waals surface area (Å²) >= 11 is 0. The van der Waals surface area contributed by atoms with Crippen molar-refractivity contribution in [1.82, 2.24) is 15.1 Å². The summed E-state index contributed by atoms with van der Waals surface area (Å²) in [5.74, 6) is 1.16. The summed E-state index contributed by atoms with van der Waals surface area (Å²) < 4.78 is 5.59. The van der Waals surface area contributed by atoms with Gasteiger partial charge in [0.2, 0.25) is 0 Å². The number of nitrogens with one attached hydrogen (secondary N) is 1. The van der Waals surface area contributed by atoms with Gasteiger partial charge in [0.1, 0.15) is 5.75 Å². The number of benzene rings is 1. The predicted molar refractivity (Wildman–Crippen MR) is 97.6 cm³/mol. The highest BCUT2D eigenvalue weighted by Crippen LogP contribution is 2.19. The lowest BCUT2D eigenvalue weighted by molar-refractivity contribution is -0.123. The second kappa shape index (κ2) is 9.64. The third-order valence-electron chi connectivity index (χ3n) is 4.46. The summed E-state index contributed by atoms with van der Waals surface area (Å²) in [4.78, 5) is 16.7. The number of hydrogen-bond donors (Lipinski definition) is 1. The maximum Gasteiger partial charge on any atom is 0.257 e. The molecular weight excluding hydrogens is 302 g/mol. The first-order valence-electron chi connectivity index (χ1n) is 8.95. The van der Waals surface area contributed by atoms with Gasteiger partial charge in [0.05, 0.1) is 0 Å². The Morgan fingerprint density at radius 2 is 2.00 bits per heavy atom. The second-order valence-electron chi connectivity index (χ2n) is 6.86. The predicted octanol–water partition coefficient (Wildman–Crippen LogP) is 1.94. The smallest absolute Gasteiger partial charge is 0.257 e. The van der Waals surface area contributed by atoms with E-state index in [4.69, 9.17) is 4.74 Å². The molecule has 24 heavy (non-hydrogen) atoms. The Morgan fingerprint density at radius 1 is 1.25 bits per heavy atom. The molecule has 1 aromatic carbocycles. The lowest BCUT2D eigenvalue weighted by Crippen LogP contribution is -2.45. The van der Waals surface area contributed by atoms with Crippen LogP contribution < -0.4 is 10.1 Å². The van der Waals surface area contributed by atoms with Gasteiger partial charge in [-0.1, -0.05) is 26.0 Å². The van der Waals surface area contributed by atoms with Crippen molar-refractivity contribution in [1.29, 1.82) is 0 Å². The van der Waals surface area contributed by atoms with E-state index in [-0.39, 0.29) is 12.5 Å². The normalized spacial score (nSPS) is 16.3. The van der Waals surface area contributed by atoms with Crippen molar-refractivity contribution in [2.45, 2.75) is 26.2 Å². The van der Waals surface area contributed by atoms with E-state index in [1.807, 2.05) is 18.2 Å². The molecule has 0 unspecified atom stereocenters. The number of ether oxygens (including phenoxy) is 1. The van der Waals surface area contributed by atoms with Gasteiger partial charge >= 0.3 is 0 Å². The molecule has 0 bridgehead atoms. The summed E-state index contributed by atoms with van der Waals surface area (Å²) in [7, 11) is 2.16. The zero-order valence-corrected chi connectivity index (χ0v) is 15.3. The lowest BCUT2D eigenvalue weighted by atomic mass is 10.0. The van der Waals surface area contributed by atoms with Crippen molar-refractivity contribution in [3.05, 3.63) is 29.8 Å². The highest BCUT2D eigenvalue weighted by Gasteiger charge is 2.13. The van der Waals surface area contributed by atoms with Crippen molar-refractivity contribution in [3.8, 4) is 5.75 Å². The van der Waals surface area contributed by atoms with Gasteiger partial charge in [0, 0.05) is 32.7 Å². The van der Waals surface area contributed by atoms with Gasteiger partial charge in [0.15, 0.2) is 6.61 Å². The van der Waals surface area contributed by atoms with Crippen LogP contribution in [0.3, 0.4) is 0 Å². The van der Waals surface area contributed by atoms with Crippen LogP contribution in [-0.4, -0.2) is 68.6 Å². The number of piperazine rings is 1. The van der Waals surface area contributed by atoms with Crippen LogP contribution in [-0.2, 0) is 4.79 Å². The van der Waals surface area contributed by atoms with E-state index >= 15 is 0 Å². The minimum absolute atomic E-state index is 0.0525. The van der Waals surface area contributed by atoms with Crippen LogP contribution in [0.25, 0.3) is 0 Å². The third-order valence-corrected chi connectivity index (χ3v) is 4.46. The minimum atomic E-state index is -0.0525. The van der Waals surface area contributed by atoms with Gasteiger partial charge in [-0.25, -0.2) is 0 Å². The van der Waals surface area contributed by atoms with E-state index in [2.05, 4.69) is 42.1 Å². The fourth-order valence-corrected chi connectivity index (χ4v) is 2.77. The first-order valence-corrected chi connectivity index (χ1v) is 8.95. The number of hydrogen-bond acceptors (Lipinski definition) is 4. The van der Waals surface area contributed by atoms with E-state index < -0.39 is 0 Å². The lowest BCUT2D eigenvalue weighted by Gasteiger charge is -2.32. The molecule has 1 fully saturated rings. The van der Waals surface area contributed by atoms with Crippen molar-refractivity contribution in [2.24, 2.45) is 0 Å². The molecule has 1 saturated heterocycles. The average molecular weight is 333 g/mol. The molecule has 1 N–H and O–H groups in total. The van der Waals surface area contributed by atoms with Gasteiger partial charge in [-0.05, 0) is 43.6 Å². The standard InChI is InChI=1S/C19H31N3O2/c1-16(2)17-6-4-7-18(14-17)24-15-19(23)20-8-5-9-22-12-10-21(3)11-13-22/h4,6-7,14,16H,5,8-13,15H2,1-3H3,(H,20,23). The topological polar surface area (TPSA) is 44.8 Å². The molecule has 0 radical (unpaired) electrons. The van der Waals surface area contributed by atoms with Crippen molar-refractivity contribution >= 4 is 5.91 Å². The molecule has 0 saturated carbocycles. The van der Waals surface area contributed by atoms with Crippen LogP contribution in [0.4, 0.5) is 0 Å². The molecule has 0 atom stereocenters. The van der Waals surface area contributed by atoms with E-state index in [9.17, 15) is 4.79 Å². The maximum atomic E-state index is 11.9. The highest BCUT2D eigenvalue weighted by molar-refractivity contribution is 5.77. The summed E-state index contributed by atoms with van der Waals surface area (Å²) in [5, 5.41) is 2.94. The molecule has 1 aliphatic heterocycles. The van der Waals surface area contributed by atoms with E-state index in [1.165, 1.54) is 5.56 Å². The third kappa shape index (κ3) is 6.49. The number of nitrogens with zero attached hydrogens (tertiary/aromatic N) is 2. The number of carbonyl (C=O) groups is 1. The molecule has 2 rings (SSSR count). The molecule has 134 valence electrons. The molecule has 0 spiro atoms. The highest BCUT2D eigenvalue weighted by atomic mass is 16.5. The van der Waals surface area contributed by atoms with Crippen LogP contribution in [0.15, 0.2) is 24.3 Å². The van der Waals surface area contributed by atoms with Crippen molar-refractivity contribution in [3.63, 3.8) is 0 Å². The molecule has 0 aliphatic carbocycles. The van der Waals surface area contributed by atoms with Gasteiger partial charge in [0.25, 0.3) is 5.91 Å². The maximum absolute atomic E-state index is 11.9. The summed E-state index contributed by atoms with van der Waals surface area (Å²) in [6.07, 6.45) is 0.984. The zero-order valence-electron chi connectivity index (χ0n) is 15.3. The van der Waals surface area contributed by atoms with Crippen molar-refractivity contribution < 1.29 is 9.53 Å². The average Bonchev–Trinajstić information content (AvgIpc) is 2.58. The molecular formula is C19H31N3O2. The van der Waals surface area contributed by atoms with Gasteiger partial charge in [-0.15, -0.1) is 0 Å².